The summed E-state index contributed by atoms with van der Waals surface area (Å²) in [5.41, 5.74) is 2.87. The quantitative estimate of drug-likeness (QED) is 0.442. The van der Waals surface area contributed by atoms with Crippen molar-refractivity contribution >= 4 is 39.8 Å². The first-order valence-corrected chi connectivity index (χ1v) is 9.82. The van der Waals surface area contributed by atoms with E-state index in [1.54, 1.807) is 6.08 Å². The molecule has 3 aromatic rings. The van der Waals surface area contributed by atoms with E-state index in [1.807, 2.05) is 54.6 Å². The molecule has 0 atom stereocenters. The minimum atomic E-state index is -0.0748. The van der Waals surface area contributed by atoms with Crippen molar-refractivity contribution in [2.45, 2.75) is 4.34 Å². The van der Waals surface area contributed by atoms with Crippen molar-refractivity contribution in [3.8, 4) is 11.1 Å². The maximum atomic E-state index is 12.3. The lowest BCUT2D eigenvalue weighted by molar-refractivity contribution is -0.113. The highest BCUT2D eigenvalue weighted by molar-refractivity contribution is 8.01. The van der Waals surface area contributed by atoms with Gasteiger partial charge in [0.25, 0.3) is 0 Å². The van der Waals surface area contributed by atoms with Crippen LogP contribution in [0.25, 0.3) is 11.1 Å². The number of nitrogens with one attached hydrogen (secondary N) is 2. The zero-order valence-corrected chi connectivity index (χ0v) is 15.6. The Bertz CT molecular complexity index is 880. The average Bonchev–Trinajstić information content (AvgIpc) is 3.14. The van der Waals surface area contributed by atoms with Crippen LogP contribution in [-0.4, -0.2) is 28.4 Å². The smallest absolute Gasteiger partial charge is 0.234 e. The number of hydrogen-bond acceptors (Lipinski definition) is 6. The Hall–Kier alpha value is -2.64. The molecule has 0 radical (unpaired) electrons. The summed E-state index contributed by atoms with van der Waals surface area (Å²) in [4.78, 5) is 12.3. The summed E-state index contributed by atoms with van der Waals surface area (Å²) in [6.45, 7) is 4.28. The maximum absolute atomic E-state index is 12.3. The molecular weight excluding hydrogens is 364 g/mol. The third-order valence-electron chi connectivity index (χ3n) is 3.42. The Morgan fingerprint density at radius 3 is 2.69 bits per heavy atom. The van der Waals surface area contributed by atoms with Gasteiger partial charge in [0.2, 0.25) is 11.0 Å². The van der Waals surface area contributed by atoms with Gasteiger partial charge in [-0.2, -0.15) is 0 Å². The van der Waals surface area contributed by atoms with E-state index in [4.69, 9.17) is 0 Å². The molecule has 1 heterocycles. The molecule has 0 saturated carbocycles. The molecule has 0 bridgehead atoms. The van der Waals surface area contributed by atoms with Crippen LogP contribution >= 0.6 is 23.1 Å². The molecule has 1 aromatic heterocycles. The molecule has 3 rings (SSSR count). The van der Waals surface area contributed by atoms with E-state index < -0.39 is 0 Å². The minimum absolute atomic E-state index is 0.0748. The second kappa shape index (κ2) is 9.17. The molecule has 0 fully saturated rings. The number of aromatic nitrogens is 2. The number of amides is 1. The summed E-state index contributed by atoms with van der Waals surface area (Å²) >= 11 is 2.79. The lowest BCUT2D eigenvalue weighted by atomic mass is 10.0. The van der Waals surface area contributed by atoms with Crippen molar-refractivity contribution in [1.82, 2.24) is 10.2 Å². The highest BCUT2D eigenvalue weighted by atomic mass is 32.2. The molecule has 2 aromatic carbocycles. The van der Waals surface area contributed by atoms with E-state index in [9.17, 15) is 4.79 Å². The van der Waals surface area contributed by atoms with Crippen LogP contribution in [0.5, 0.6) is 0 Å². The number of carbonyl (C=O) groups is 1. The maximum Gasteiger partial charge on any atom is 0.234 e. The van der Waals surface area contributed by atoms with E-state index in [-0.39, 0.29) is 11.7 Å². The average molecular weight is 383 g/mol. The Morgan fingerprint density at radius 1 is 1.12 bits per heavy atom. The molecule has 1 amide bonds. The Balaban J connectivity index is 1.60. The molecule has 7 heteroatoms. The molecule has 0 aliphatic heterocycles. The first-order valence-electron chi connectivity index (χ1n) is 8.01. The van der Waals surface area contributed by atoms with Gasteiger partial charge in [0, 0.05) is 17.8 Å². The van der Waals surface area contributed by atoms with Crippen molar-refractivity contribution in [3.63, 3.8) is 0 Å². The number of thioether (sulfide) groups is 1. The second-order valence-corrected chi connectivity index (χ2v) is 7.49. The predicted octanol–water partition coefficient (Wildman–Crippen LogP) is 4.53. The van der Waals surface area contributed by atoms with Gasteiger partial charge in [0.1, 0.15) is 0 Å². The summed E-state index contributed by atoms with van der Waals surface area (Å²) in [6.07, 6.45) is 1.76. The summed E-state index contributed by atoms with van der Waals surface area (Å²) in [6, 6.07) is 17.8. The molecular formula is C19H18N4OS2. The second-order valence-electron chi connectivity index (χ2n) is 5.29. The molecule has 2 N–H and O–H groups in total. The zero-order valence-electron chi connectivity index (χ0n) is 14.0. The highest BCUT2D eigenvalue weighted by Crippen LogP contribution is 2.29. The van der Waals surface area contributed by atoms with Crippen molar-refractivity contribution in [2.24, 2.45) is 0 Å². The Labute approximate surface area is 160 Å². The molecule has 0 saturated heterocycles. The SMILES string of the molecule is C=CCNc1nnc(SCC(=O)Nc2ccccc2-c2ccccc2)s1. The van der Waals surface area contributed by atoms with Gasteiger partial charge < -0.3 is 10.6 Å². The third-order valence-corrected chi connectivity index (χ3v) is 5.43. The minimum Gasteiger partial charge on any atom is -0.357 e. The van der Waals surface area contributed by atoms with E-state index in [1.165, 1.54) is 23.1 Å². The van der Waals surface area contributed by atoms with Crippen LogP contribution in [-0.2, 0) is 4.79 Å². The lowest BCUT2D eigenvalue weighted by Crippen LogP contribution is -2.14. The zero-order chi connectivity index (χ0) is 18.2. The number of para-hydroxylation sites is 1. The fraction of sp³-hybridized carbons (Fsp3) is 0.105. The van der Waals surface area contributed by atoms with Crippen molar-refractivity contribution in [3.05, 3.63) is 67.3 Å². The number of hydrogen-bond donors (Lipinski definition) is 2. The van der Waals surface area contributed by atoms with Gasteiger partial charge in [0.15, 0.2) is 4.34 Å². The van der Waals surface area contributed by atoms with Crippen LogP contribution in [0.3, 0.4) is 0 Å². The number of nitrogens with zero attached hydrogens (tertiary/aromatic N) is 2. The van der Waals surface area contributed by atoms with Gasteiger partial charge >= 0.3 is 0 Å². The predicted molar refractivity (Wildman–Crippen MR) is 110 cm³/mol. The van der Waals surface area contributed by atoms with Crippen LogP contribution in [0.4, 0.5) is 10.8 Å². The van der Waals surface area contributed by atoms with Gasteiger partial charge in [0.05, 0.1) is 5.75 Å². The van der Waals surface area contributed by atoms with E-state index in [0.717, 1.165) is 26.3 Å². The van der Waals surface area contributed by atoms with Gasteiger partial charge in [-0.15, -0.1) is 16.8 Å². The van der Waals surface area contributed by atoms with Crippen LogP contribution in [0.2, 0.25) is 0 Å². The molecule has 0 aliphatic carbocycles. The van der Waals surface area contributed by atoms with Gasteiger partial charge in [-0.1, -0.05) is 77.7 Å². The van der Waals surface area contributed by atoms with Gasteiger partial charge in [-0.3, -0.25) is 4.79 Å². The van der Waals surface area contributed by atoms with Crippen LogP contribution < -0.4 is 10.6 Å². The van der Waals surface area contributed by atoms with Gasteiger partial charge in [-0.25, -0.2) is 0 Å². The van der Waals surface area contributed by atoms with Crippen LogP contribution in [0.15, 0.2) is 71.6 Å². The van der Waals surface area contributed by atoms with Gasteiger partial charge in [-0.05, 0) is 11.6 Å². The van der Waals surface area contributed by atoms with Crippen LogP contribution in [0, 0.1) is 0 Å². The summed E-state index contributed by atoms with van der Waals surface area (Å²) < 4.78 is 0.753. The molecule has 132 valence electrons. The number of benzene rings is 2. The van der Waals surface area contributed by atoms with Crippen molar-refractivity contribution in [2.75, 3.05) is 22.9 Å². The topological polar surface area (TPSA) is 66.9 Å². The highest BCUT2D eigenvalue weighted by Gasteiger charge is 2.10. The number of anilines is 2. The largest absolute Gasteiger partial charge is 0.357 e. The van der Waals surface area contributed by atoms with Crippen molar-refractivity contribution < 1.29 is 4.79 Å². The molecule has 0 unspecified atom stereocenters. The normalized spacial score (nSPS) is 10.3. The molecule has 0 spiro atoms. The van der Waals surface area contributed by atoms with E-state index in [0.29, 0.717) is 6.54 Å². The first-order chi connectivity index (χ1) is 12.8. The molecule has 0 aliphatic rings. The monoisotopic (exact) mass is 382 g/mol. The fourth-order valence-electron chi connectivity index (χ4n) is 2.27. The third kappa shape index (κ3) is 4.93. The van der Waals surface area contributed by atoms with Crippen molar-refractivity contribution in [1.29, 1.82) is 0 Å². The first kappa shape index (κ1) is 18.2. The number of rotatable bonds is 8. The molecule has 26 heavy (non-hydrogen) atoms. The standard InChI is InChI=1S/C19H18N4OS2/c1-2-12-20-18-22-23-19(26-18)25-13-17(24)21-16-11-7-6-10-15(16)14-8-4-3-5-9-14/h2-11H,1,12-13H2,(H,20,22)(H,21,24). The van der Waals surface area contributed by atoms with E-state index >= 15 is 0 Å². The Kier molecular flexibility index (Phi) is 6.40. The summed E-state index contributed by atoms with van der Waals surface area (Å²) in [5, 5.41) is 14.9. The lowest BCUT2D eigenvalue weighted by Gasteiger charge is -2.10. The summed E-state index contributed by atoms with van der Waals surface area (Å²) in [5.74, 6) is 0.202. The fourth-order valence-corrected chi connectivity index (χ4v) is 3.83. The Morgan fingerprint density at radius 2 is 1.88 bits per heavy atom. The number of carbonyl (C=O) groups excluding carboxylic acids is 1. The van der Waals surface area contributed by atoms with E-state index in [2.05, 4.69) is 27.4 Å². The molecule has 5 nitrogen and oxygen atoms in total. The van der Waals surface area contributed by atoms with Crippen LogP contribution in [0.1, 0.15) is 0 Å². The summed E-state index contributed by atoms with van der Waals surface area (Å²) in [7, 11) is 0.